The van der Waals surface area contributed by atoms with Gasteiger partial charge in [-0.05, 0) is 37.1 Å². The average Bonchev–Trinajstić information content (AvgIpc) is 2.68. The molecular formula is C21H36ClNO8P+. The van der Waals surface area contributed by atoms with Gasteiger partial charge in [0.15, 0.2) is 6.10 Å². The van der Waals surface area contributed by atoms with Crippen LogP contribution in [0.3, 0.4) is 0 Å². The topological polar surface area (TPSA) is 123 Å². The van der Waals surface area contributed by atoms with E-state index in [-0.39, 0.29) is 11.1 Å². The van der Waals surface area contributed by atoms with Crippen molar-refractivity contribution in [3.05, 3.63) is 29.3 Å². The molecule has 0 aliphatic carbocycles. The minimum atomic E-state index is -4.49. The molecule has 0 radical (unpaired) electrons. The Labute approximate surface area is 195 Å². The third kappa shape index (κ3) is 12.7. The normalized spacial score (nSPS) is 15.7. The first kappa shape index (κ1) is 28.8. The second-order valence-electron chi connectivity index (χ2n) is 8.50. The van der Waals surface area contributed by atoms with Gasteiger partial charge in [0, 0.05) is 5.02 Å². The number of carboxylic acids is 1. The Kier molecular flexibility index (Phi) is 12.8. The first-order chi connectivity index (χ1) is 14.9. The Hall–Kier alpha value is -1.19. The number of likely N-dealkylation sites (N-methyl/N-ethyl adjacent to an activating group) is 1. The van der Waals surface area contributed by atoms with Crippen LogP contribution in [0.4, 0.5) is 0 Å². The van der Waals surface area contributed by atoms with Crippen LogP contribution in [-0.2, 0) is 18.4 Å². The van der Waals surface area contributed by atoms with E-state index in [0.717, 1.165) is 37.9 Å². The van der Waals surface area contributed by atoms with Crippen molar-refractivity contribution in [2.24, 2.45) is 0 Å². The Morgan fingerprint density at radius 1 is 1.03 bits per heavy atom. The van der Waals surface area contributed by atoms with Crippen molar-refractivity contribution in [1.82, 2.24) is 0 Å². The number of hydrogen-bond acceptors (Lipinski definition) is 6. The van der Waals surface area contributed by atoms with E-state index < -0.39 is 32.5 Å². The number of benzene rings is 1. The predicted molar refractivity (Wildman–Crippen MR) is 122 cm³/mol. The van der Waals surface area contributed by atoms with Gasteiger partial charge in [0.25, 0.3) is 0 Å². The lowest BCUT2D eigenvalue weighted by Gasteiger charge is -2.34. The molecule has 0 heterocycles. The number of carboxylic acid groups (broad SMARTS) is 1. The first-order valence-corrected chi connectivity index (χ1v) is 12.5. The monoisotopic (exact) mass is 496 g/mol. The van der Waals surface area contributed by atoms with Crippen molar-refractivity contribution in [1.29, 1.82) is 0 Å². The Bertz CT molecular complexity index is 726. The number of rotatable bonds is 17. The number of hydrogen-bond donors (Lipinski definition) is 3. The lowest BCUT2D eigenvalue weighted by Crippen LogP contribution is -2.52. The van der Waals surface area contributed by atoms with E-state index in [2.05, 4.69) is 0 Å². The van der Waals surface area contributed by atoms with Gasteiger partial charge in [-0.3, -0.25) is 13.8 Å². The van der Waals surface area contributed by atoms with Crippen LogP contribution in [0, 0.1) is 0 Å². The number of carbonyl (C=O) groups is 1. The van der Waals surface area contributed by atoms with Crippen molar-refractivity contribution in [2.45, 2.75) is 57.3 Å². The van der Waals surface area contributed by atoms with E-state index in [1.165, 1.54) is 0 Å². The number of aliphatic carboxylic acids is 1. The molecule has 0 fully saturated rings. The van der Waals surface area contributed by atoms with Crippen LogP contribution >= 0.6 is 19.4 Å². The number of nitrogens with zero attached hydrogens (tertiary/aromatic N) is 1. The minimum Gasteiger partial charge on any atom is -0.494 e. The molecule has 32 heavy (non-hydrogen) atoms. The number of quaternary nitrogens is 1. The van der Waals surface area contributed by atoms with Gasteiger partial charge < -0.3 is 24.3 Å². The van der Waals surface area contributed by atoms with Gasteiger partial charge in [-0.2, -0.15) is 0 Å². The zero-order valence-electron chi connectivity index (χ0n) is 19.0. The summed E-state index contributed by atoms with van der Waals surface area (Å²) in [6, 6.07) is 7.23. The summed E-state index contributed by atoms with van der Waals surface area (Å²) in [4.78, 5) is 20.9. The third-order valence-corrected chi connectivity index (χ3v) is 5.94. The zero-order valence-corrected chi connectivity index (χ0v) is 20.6. The van der Waals surface area contributed by atoms with Crippen LogP contribution in [-0.4, -0.2) is 72.2 Å². The highest BCUT2D eigenvalue weighted by Gasteiger charge is 2.39. The van der Waals surface area contributed by atoms with Crippen LogP contribution in [0.15, 0.2) is 24.3 Å². The number of ether oxygens (including phenoxy) is 1. The van der Waals surface area contributed by atoms with E-state index in [0.29, 0.717) is 18.1 Å². The fourth-order valence-corrected chi connectivity index (χ4v) is 3.95. The Morgan fingerprint density at radius 3 is 2.09 bits per heavy atom. The van der Waals surface area contributed by atoms with E-state index in [4.69, 9.17) is 30.5 Å². The first-order valence-electron chi connectivity index (χ1n) is 10.7. The van der Waals surface area contributed by atoms with Crippen LogP contribution in [0.1, 0.15) is 44.9 Å². The molecule has 0 saturated heterocycles. The molecule has 2 unspecified atom stereocenters. The summed E-state index contributed by atoms with van der Waals surface area (Å²) in [7, 11) is 0.373. The summed E-state index contributed by atoms with van der Waals surface area (Å²) < 4.78 is 27.7. The van der Waals surface area contributed by atoms with Gasteiger partial charge >= 0.3 is 13.8 Å². The molecule has 0 aliphatic rings. The molecule has 9 nitrogen and oxygen atoms in total. The lowest BCUT2D eigenvalue weighted by atomic mass is 10.1. The Morgan fingerprint density at radius 2 is 1.56 bits per heavy atom. The summed E-state index contributed by atoms with van der Waals surface area (Å²) in [5, 5.41) is 19.9. The van der Waals surface area contributed by atoms with E-state index in [9.17, 15) is 19.4 Å². The highest BCUT2D eigenvalue weighted by molar-refractivity contribution is 7.47. The smallest absolute Gasteiger partial charge is 0.472 e. The SMILES string of the molecule is C[N+](C)(C)C(O)[C@@H](CC(=O)O)OP(=O)(O)OCCCCCCCCOc1ccc(Cl)cc1. The molecule has 1 rings (SSSR count). The second kappa shape index (κ2) is 14.2. The number of phosphoric acid groups is 1. The van der Waals surface area contributed by atoms with Gasteiger partial charge in [0.05, 0.1) is 40.8 Å². The van der Waals surface area contributed by atoms with Gasteiger partial charge in [-0.15, -0.1) is 0 Å². The molecule has 1 aromatic rings. The second-order valence-corrected chi connectivity index (χ2v) is 10.3. The molecule has 0 amide bonds. The molecule has 3 atom stereocenters. The molecule has 1 aromatic carbocycles. The summed E-state index contributed by atoms with van der Waals surface area (Å²) in [6.07, 6.45) is 1.98. The largest absolute Gasteiger partial charge is 0.494 e. The molecule has 0 spiro atoms. The zero-order chi connectivity index (χ0) is 24.2. The molecule has 184 valence electrons. The fourth-order valence-electron chi connectivity index (χ4n) is 2.88. The van der Waals surface area contributed by atoms with Crippen LogP contribution < -0.4 is 4.74 Å². The average molecular weight is 497 g/mol. The summed E-state index contributed by atoms with van der Waals surface area (Å²) in [5.74, 6) is -0.456. The molecule has 0 saturated carbocycles. The molecule has 0 aliphatic heterocycles. The van der Waals surface area contributed by atoms with Gasteiger partial charge in [0.1, 0.15) is 5.75 Å². The van der Waals surface area contributed by atoms with Crippen molar-refractivity contribution in [2.75, 3.05) is 34.4 Å². The van der Waals surface area contributed by atoms with E-state index >= 15 is 0 Å². The number of aliphatic hydroxyl groups is 1. The maximum atomic E-state index is 12.2. The standard InChI is InChI=1S/C21H35ClNO8P/c1-23(2,3)21(26)19(16-20(24)25)31-32(27,28)30-15-9-7-5-4-6-8-14-29-18-12-10-17(22)11-13-18/h10-13,19,21,26H,4-9,14-16H2,1-3H3,(H-,24,25,27,28)/p+1/t19-,21?/m1/s1. The predicted octanol–water partition coefficient (Wildman–Crippen LogP) is 4.06. The molecule has 3 N–H and O–H groups in total. The Balaban J connectivity index is 2.18. The highest BCUT2D eigenvalue weighted by atomic mass is 35.5. The molecular weight excluding hydrogens is 461 g/mol. The molecule has 0 aromatic heterocycles. The third-order valence-electron chi connectivity index (χ3n) is 4.65. The maximum absolute atomic E-state index is 12.2. The molecule has 0 bridgehead atoms. The number of aliphatic hydroxyl groups excluding tert-OH is 1. The minimum absolute atomic E-state index is 0.00766. The summed E-state index contributed by atoms with van der Waals surface area (Å²) in [5.41, 5.74) is 0. The maximum Gasteiger partial charge on any atom is 0.472 e. The number of phosphoric ester groups is 1. The van der Waals surface area contributed by atoms with Crippen molar-refractivity contribution in [3.63, 3.8) is 0 Å². The fraction of sp³-hybridized carbons (Fsp3) is 0.667. The summed E-state index contributed by atoms with van der Waals surface area (Å²) in [6.45, 7) is 0.639. The number of halogens is 1. The van der Waals surface area contributed by atoms with Crippen LogP contribution in [0.2, 0.25) is 5.02 Å². The van der Waals surface area contributed by atoms with Crippen molar-refractivity contribution in [3.8, 4) is 5.75 Å². The van der Waals surface area contributed by atoms with Gasteiger partial charge in [-0.25, -0.2) is 4.57 Å². The summed E-state index contributed by atoms with van der Waals surface area (Å²) >= 11 is 5.83. The lowest BCUT2D eigenvalue weighted by molar-refractivity contribution is -0.922. The molecule has 11 heteroatoms. The van der Waals surface area contributed by atoms with E-state index in [1.807, 2.05) is 12.1 Å². The van der Waals surface area contributed by atoms with Crippen molar-refractivity contribution >= 4 is 25.4 Å². The van der Waals surface area contributed by atoms with Crippen molar-refractivity contribution < 1.29 is 42.7 Å². The quantitative estimate of drug-likeness (QED) is 0.128. The van der Waals surface area contributed by atoms with Gasteiger partial charge in [-0.1, -0.05) is 37.3 Å². The van der Waals surface area contributed by atoms with E-state index in [1.54, 1.807) is 33.3 Å². The van der Waals surface area contributed by atoms with Crippen LogP contribution in [0.5, 0.6) is 5.75 Å². The number of unbranched alkanes of at least 4 members (excludes halogenated alkanes) is 5. The van der Waals surface area contributed by atoms with Gasteiger partial charge in [0.2, 0.25) is 6.23 Å². The highest BCUT2D eigenvalue weighted by Crippen LogP contribution is 2.46. The van der Waals surface area contributed by atoms with Crippen LogP contribution in [0.25, 0.3) is 0 Å².